The summed E-state index contributed by atoms with van der Waals surface area (Å²) < 4.78 is 10.3. The van der Waals surface area contributed by atoms with Crippen LogP contribution in [0.4, 0.5) is 0 Å². The minimum atomic E-state index is -0.0759. The van der Waals surface area contributed by atoms with Crippen molar-refractivity contribution in [3.05, 3.63) is 29.8 Å². The fraction of sp³-hybridized carbons (Fsp3) is 0.588. The largest absolute Gasteiger partial charge is 0.497 e. The van der Waals surface area contributed by atoms with Gasteiger partial charge in [0, 0.05) is 18.0 Å². The molecule has 2 aliphatic heterocycles. The highest BCUT2D eigenvalue weighted by Crippen LogP contribution is 2.46. The Labute approximate surface area is 126 Å². The Hall–Kier alpha value is -1.55. The van der Waals surface area contributed by atoms with E-state index < -0.39 is 0 Å². The van der Waals surface area contributed by atoms with Crippen molar-refractivity contribution in [3.63, 3.8) is 0 Å². The second-order valence-electron chi connectivity index (χ2n) is 6.13. The van der Waals surface area contributed by atoms with Crippen molar-refractivity contribution in [2.75, 3.05) is 21.3 Å². The Morgan fingerprint density at radius 2 is 1.90 bits per heavy atom. The highest BCUT2D eigenvalue weighted by atomic mass is 16.5. The van der Waals surface area contributed by atoms with E-state index in [0.717, 1.165) is 18.6 Å². The molecule has 0 aliphatic carbocycles. The molecule has 0 N–H and O–H groups in total. The molecule has 3 rings (SSSR count). The SMILES string of the molecule is COC(=O)[C@H]1[C@@H](c2ccc(OC)cc2)C[C@@H]2CC[C@H]1N2C. The predicted molar refractivity (Wildman–Crippen MR) is 80.4 cm³/mol. The number of methoxy groups -OCH3 is 2. The first kappa shape index (κ1) is 14.4. The van der Waals surface area contributed by atoms with Crippen molar-refractivity contribution in [3.8, 4) is 5.75 Å². The second kappa shape index (κ2) is 5.68. The molecule has 4 nitrogen and oxygen atoms in total. The molecular formula is C17H23NO3. The van der Waals surface area contributed by atoms with Gasteiger partial charge in [-0.15, -0.1) is 0 Å². The Morgan fingerprint density at radius 1 is 1.19 bits per heavy atom. The Kier molecular flexibility index (Phi) is 3.89. The zero-order valence-corrected chi connectivity index (χ0v) is 12.9. The predicted octanol–water partition coefficient (Wildman–Crippen LogP) is 2.43. The van der Waals surface area contributed by atoms with E-state index in [4.69, 9.17) is 9.47 Å². The zero-order chi connectivity index (χ0) is 15.0. The van der Waals surface area contributed by atoms with Crippen LogP contribution in [0, 0.1) is 5.92 Å². The number of carbonyl (C=O) groups excluding carboxylic acids is 1. The van der Waals surface area contributed by atoms with Gasteiger partial charge in [-0.05, 0) is 44.0 Å². The van der Waals surface area contributed by atoms with Crippen LogP contribution >= 0.6 is 0 Å². The van der Waals surface area contributed by atoms with E-state index in [1.807, 2.05) is 12.1 Å². The average Bonchev–Trinajstić information content (AvgIpc) is 2.76. The van der Waals surface area contributed by atoms with Crippen LogP contribution in [0.15, 0.2) is 24.3 Å². The van der Waals surface area contributed by atoms with Gasteiger partial charge in [-0.2, -0.15) is 0 Å². The highest BCUT2D eigenvalue weighted by molar-refractivity contribution is 5.75. The molecule has 2 heterocycles. The Bertz CT molecular complexity index is 513. The molecule has 4 atom stereocenters. The van der Waals surface area contributed by atoms with E-state index in [0.29, 0.717) is 12.1 Å². The fourth-order valence-electron chi connectivity index (χ4n) is 4.12. The fourth-order valence-corrected chi connectivity index (χ4v) is 4.12. The molecule has 0 amide bonds. The third kappa shape index (κ3) is 2.42. The molecule has 2 aliphatic rings. The van der Waals surface area contributed by atoms with Crippen molar-refractivity contribution in [2.45, 2.75) is 37.3 Å². The maximum atomic E-state index is 12.3. The van der Waals surface area contributed by atoms with Gasteiger partial charge in [-0.3, -0.25) is 9.69 Å². The van der Waals surface area contributed by atoms with E-state index in [-0.39, 0.29) is 17.8 Å². The quantitative estimate of drug-likeness (QED) is 0.801. The van der Waals surface area contributed by atoms with Crippen molar-refractivity contribution in [2.24, 2.45) is 5.92 Å². The molecular weight excluding hydrogens is 266 g/mol. The minimum Gasteiger partial charge on any atom is -0.497 e. The number of carbonyl (C=O) groups is 1. The van der Waals surface area contributed by atoms with Crippen LogP contribution in [-0.4, -0.2) is 44.2 Å². The monoisotopic (exact) mass is 289 g/mol. The maximum Gasteiger partial charge on any atom is 0.310 e. The summed E-state index contributed by atoms with van der Waals surface area (Å²) in [6.07, 6.45) is 3.30. The minimum absolute atomic E-state index is 0.0628. The molecule has 0 radical (unpaired) electrons. The lowest BCUT2D eigenvalue weighted by Gasteiger charge is -2.41. The average molecular weight is 289 g/mol. The number of esters is 1. The van der Waals surface area contributed by atoms with E-state index in [1.54, 1.807) is 7.11 Å². The number of fused-ring (bicyclic) bond motifs is 2. The van der Waals surface area contributed by atoms with Crippen molar-refractivity contribution in [1.29, 1.82) is 0 Å². The van der Waals surface area contributed by atoms with Crippen LogP contribution < -0.4 is 4.74 Å². The van der Waals surface area contributed by atoms with E-state index in [2.05, 4.69) is 24.1 Å². The van der Waals surface area contributed by atoms with Crippen LogP contribution in [0.5, 0.6) is 5.75 Å². The van der Waals surface area contributed by atoms with Crippen LogP contribution in [-0.2, 0) is 9.53 Å². The summed E-state index contributed by atoms with van der Waals surface area (Å²) in [5.41, 5.74) is 1.22. The first-order chi connectivity index (χ1) is 10.2. The molecule has 1 aromatic rings. The summed E-state index contributed by atoms with van der Waals surface area (Å²) in [4.78, 5) is 14.7. The summed E-state index contributed by atoms with van der Waals surface area (Å²) in [6.45, 7) is 0. The van der Waals surface area contributed by atoms with Gasteiger partial charge in [0.25, 0.3) is 0 Å². The molecule has 2 saturated heterocycles. The molecule has 114 valence electrons. The molecule has 0 saturated carbocycles. The molecule has 0 spiro atoms. The molecule has 2 fully saturated rings. The van der Waals surface area contributed by atoms with E-state index in [9.17, 15) is 4.79 Å². The standard InChI is InChI=1S/C17H23NO3/c1-18-12-6-9-15(18)16(17(19)21-3)14(10-12)11-4-7-13(20-2)8-5-11/h4-5,7-8,12,14-16H,6,9-10H2,1-3H3/t12-,14+,15+,16-/m0/s1. The number of rotatable bonds is 3. The van der Waals surface area contributed by atoms with Crippen molar-refractivity contribution >= 4 is 5.97 Å². The summed E-state index contributed by atoms with van der Waals surface area (Å²) in [7, 11) is 5.30. The summed E-state index contributed by atoms with van der Waals surface area (Å²) in [6, 6.07) is 9.02. The Morgan fingerprint density at radius 3 is 2.52 bits per heavy atom. The maximum absolute atomic E-state index is 12.3. The lowest BCUT2D eigenvalue weighted by molar-refractivity contribution is -0.150. The second-order valence-corrected chi connectivity index (χ2v) is 6.13. The molecule has 21 heavy (non-hydrogen) atoms. The summed E-state index contributed by atoms with van der Waals surface area (Å²) in [5.74, 6) is 0.960. The summed E-state index contributed by atoms with van der Waals surface area (Å²) >= 11 is 0. The lowest BCUT2D eigenvalue weighted by atomic mass is 9.76. The molecule has 1 aromatic carbocycles. The first-order valence-electron chi connectivity index (χ1n) is 7.59. The van der Waals surface area contributed by atoms with Crippen LogP contribution in [0.1, 0.15) is 30.7 Å². The third-order valence-electron chi connectivity index (χ3n) is 5.29. The normalized spacial score (nSPS) is 32.0. The first-order valence-corrected chi connectivity index (χ1v) is 7.59. The van der Waals surface area contributed by atoms with E-state index >= 15 is 0 Å². The molecule has 2 bridgehead atoms. The van der Waals surface area contributed by atoms with Gasteiger partial charge < -0.3 is 9.47 Å². The smallest absolute Gasteiger partial charge is 0.310 e. The zero-order valence-electron chi connectivity index (χ0n) is 12.9. The number of hydrogen-bond donors (Lipinski definition) is 0. The lowest BCUT2D eigenvalue weighted by Crippen LogP contribution is -2.49. The number of piperidine rings is 1. The van der Waals surface area contributed by atoms with Crippen LogP contribution in [0.3, 0.4) is 0 Å². The van der Waals surface area contributed by atoms with Gasteiger partial charge in [0.05, 0.1) is 20.1 Å². The molecule has 0 unspecified atom stereocenters. The topological polar surface area (TPSA) is 38.8 Å². The van der Waals surface area contributed by atoms with Crippen LogP contribution in [0.25, 0.3) is 0 Å². The van der Waals surface area contributed by atoms with Gasteiger partial charge >= 0.3 is 5.97 Å². The van der Waals surface area contributed by atoms with E-state index in [1.165, 1.54) is 19.1 Å². The number of ether oxygens (including phenoxy) is 2. The number of nitrogens with zero attached hydrogens (tertiary/aromatic N) is 1. The Balaban J connectivity index is 1.92. The number of benzene rings is 1. The number of hydrogen-bond acceptors (Lipinski definition) is 4. The summed E-state index contributed by atoms with van der Waals surface area (Å²) in [5, 5.41) is 0. The van der Waals surface area contributed by atoms with Gasteiger partial charge in [0.2, 0.25) is 0 Å². The van der Waals surface area contributed by atoms with Crippen molar-refractivity contribution < 1.29 is 14.3 Å². The van der Waals surface area contributed by atoms with Gasteiger partial charge in [0.1, 0.15) is 5.75 Å². The van der Waals surface area contributed by atoms with Crippen molar-refractivity contribution in [1.82, 2.24) is 4.90 Å². The van der Waals surface area contributed by atoms with Crippen LogP contribution in [0.2, 0.25) is 0 Å². The van der Waals surface area contributed by atoms with Gasteiger partial charge in [0.15, 0.2) is 0 Å². The van der Waals surface area contributed by atoms with Gasteiger partial charge in [-0.1, -0.05) is 12.1 Å². The molecule has 4 heteroatoms. The molecule has 0 aromatic heterocycles. The van der Waals surface area contributed by atoms with Gasteiger partial charge in [-0.25, -0.2) is 0 Å². The highest BCUT2D eigenvalue weighted by Gasteiger charge is 2.49. The third-order valence-corrected chi connectivity index (χ3v) is 5.29.